The standard InChI is InChI=1S/C20H28O2S/c1-20(2,3)16-9-7-14(8-10-16)11-19(21)15-12-17-5-4-6-18(13-15)23(17)22/h7-10,15,17-18H,4-6,11-13H2,1-3H3. The largest absolute Gasteiger partial charge is 0.299 e. The molecule has 126 valence electrons. The van der Waals surface area contributed by atoms with Gasteiger partial charge in [-0.25, -0.2) is 0 Å². The lowest BCUT2D eigenvalue weighted by molar-refractivity contribution is -0.122. The molecule has 1 aromatic rings. The molecule has 0 radical (unpaired) electrons. The summed E-state index contributed by atoms with van der Waals surface area (Å²) < 4.78 is 12.3. The minimum atomic E-state index is -0.685. The zero-order valence-electron chi connectivity index (χ0n) is 14.5. The Kier molecular flexibility index (Phi) is 4.78. The van der Waals surface area contributed by atoms with Crippen molar-refractivity contribution in [1.82, 2.24) is 0 Å². The van der Waals surface area contributed by atoms with E-state index in [0.29, 0.717) is 12.2 Å². The smallest absolute Gasteiger partial charge is 0.140 e. The van der Waals surface area contributed by atoms with E-state index in [9.17, 15) is 9.00 Å². The molecule has 0 amide bonds. The van der Waals surface area contributed by atoms with E-state index in [0.717, 1.165) is 31.2 Å². The molecule has 2 atom stereocenters. The van der Waals surface area contributed by atoms with Crippen molar-refractivity contribution in [3.05, 3.63) is 35.4 Å². The summed E-state index contributed by atoms with van der Waals surface area (Å²) in [4.78, 5) is 12.7. The van der Waals surface area contributed by atoms with E-state index in [2.05, 4.69) is 45.0 Å². The Labute approximate surface area is 142 Å². The molecule has 0 saturated carbocycles. The normalized spacial score (nSPS) is 30.9. The number of carbonyl (C=O) groups is 1. The molecule has 2 unspecified atom stereocenters. The summed E-state index contributed by atoms with van der Waals surface area (Å²) in [7, 11) is -0.685. The molecule has 0 spiro atoms. The molecular weight excluding hydrogens is 304 g/mol. The maximum atomic E-state index is 12.7. The predicted octanol–water partition coefficient (Wildman–Crippen LogP) is 4.18. The fraction of sp³-hybridized carbons (Fsp3) is 0.650. The van der Waals surface area contributed by atoms with Crippen molar-refractivity contribution in [2.24, 2.45) is 5.92 Å². The van der Waals surface area contributed by atoms with Crippen molar-refractivity contribution >= 4 is 16.6 Å². The number of ketones is 1. The summed E-state index contributed by atoms with van der Waals surface area (Å²) in [5, 5.41) is 0.555. The van der Waals surface area contributed by atoms with Crippen molar-refractivity contribution in [3.63, 3.8) is 0 Å². The van der Waals surface area contributed by atoms with Gasteiger partial charge in [0.05, 0.1) is 0 Å². The van der Waals surface area contributed by atoms with E-state index in [-0.39, 0.29) is 21.8 Å². The molecule has 3 rings (SSSR count). The zero-order valence-corrected chi connectivity index (χ0v) is 15.3. The van der Waals surface area contributed by atoms with E-state index < -0.39 is 10.8 Å². The lowest BCUT2D eigenvalue weighted by atomic mass is 9.83. The van der Waals surface area contributed by atoms with Gasteiger partial charge in [-0.3, -0.25) is 9.00 Å². The van der Waals surface area contributed by atoms with Crippen molar-refractivity contribution < 1.29 is 9.00 Å². The maximum Gasteiger partial charge on any atom is 0.140 e. The molecule has 1 aromatic carbocycles. The van der Waals surface area contributed by atoms with E-state index in [1.165, 1.54) is 12.0 Å². The van der Waals surface area contributed by atoms with Gasteiger partial charge in [-0.05, 0) is 42.2 Å². The van der Waals surface area contributed by atoms with Crippen molar-refractivity contribution in [2.75, 3.05) is 0 Å². The topological polar surface area (TPSA) is 34.1 Å². The molecule has 2 aliphatic heterocycles. The summed E-state index contributed by atoms with van der Waals surface area (Å²) in [5.74, 6) is 0.479. The van der Waals surface area contributed by atoms with Crippen LogP contribution in [0.2, 0.25) is 0 Å². The molecule has 23 heavy (non-hydrogen) atoms. The first-order chi connectivity index (χ1) is 10.8. The Morgan fingerprint density at radius 3 is 2.17 bits per heavy atom. The van der Waals surface area contributed by atoms with Crippen molar-refractivity contribution in [1.29, 1.82) is 0 Å². The van der Waals surface area contributed by atoms with Gasteiger partial charge in [0, 0.05) is 33.6 Å². The fourth-order valence-electron chi connectivity index (χ4n) is 3.96. The van der Waals surface area contributed by atoms with Gasteiger partial charge in [0.2, 0.25) is 0 Å². The Balaban J connectivity index is 1.64. The highest BCUT2D eigenvalue weighted by Gasteiger charge is 2.40. The average Bonchev–Trinajstić information content (AvgIpc) is 2.46. The summed E-state index contributed by atoms with van der Waals surface area (Å²) in [6, 6.07) is 8.49. The number of fused-ring (bicyclic) bond motifs is 2. The quantitative estimate of drug-likeness (QED) is 0.832. The van der Waals surface area contributed by atoms with Crippen LogP contribution in [0.3, 0.4) is 0 Å². The number of rotatable bonds is 3. The van der Waals surface area contributed by atoms with Crippen LogP contribution in [0.25, 0.3) is 0 Å². The zero-order chi connectivity index (χ0) is 16.6. The summed E-state index contributed by atoms with van der Waals surface area (Å²) in [6.07, 6.45) is 5.52. The van der Waals surface area contributed by atoms with E-state index in [4.69, 9.17) is 0 Å². The molecule has 2 bridgehead atoms. The maximum absolute atomic E-state index is 12.7. The van der Waals surface area contributed by atoms with Crippen LogP contribution in [-0.4, -0.2) is 20.5 Å². The first-order valence-corrected chi connectivity index (χ1v) is 10.1. The third-order valence-corrected chi connectivity index (χ3v) is 7.63. The summed E-state index contributed by atoms with van der Waals surface area (Å²) in [5.41, 5.74) is 2.56. The Bertz CT molecular complexity index is 581. The SMILES string of the molecule is CC(C)(C)c1ccc(CC(=O)C2CC3CCCC(C2)S3=O)cc1. The van der Waals surface area contributed by atoms with Crippen LogP contribution < -0.4 is 0 Å². The second-order valence-electron chi connectivity index (χ2n) is 8.26. The first-order valence-electron chi connectivity index (χ1n) is 8.86. The van der Waals surface area contributed by atoms with Crippen LogP contribution in [-0.2, 0) is 27.4 Å². The van der Waals surface area contributed by atoms with Gasteiger partial charge >= 0.3 is 0 Å². The molecule has 2 aliphatic rings. The molecule has 2 saturated heterocycles. The Morgan fingerprint density at radius 2 is 1.65 bits per heavy atom. The van der Waals surface area contributed by atoms with Gasteiger partial charge in [-0.15, -0.1) is 0 Å². The highest BCUT2D eigenvalue weighted by molar-refractivity contribution is 7.86. The van der Waals surface area contributed by atoms with Gasteiger partial charge in [0.15, 0.2) is 0 Å². The minimum absolute atomic E-state index is 0.130. The third-order valence-electron chi connectivity index (χ3n) is 5.46. The molecule has 2 heterocycles. The lowest BCUT2D eigenvalue weighted by Gasteiger charge is -2.37. The molecule has 2 nitrogen and oxygen atoms in total. The van der Waals surface area contributed by atoms with Gasteiger partial charge in [0.1, 0.15) is 5.78 Å². The van der Waals surface area contributed by atoms with Crippen molar-refractivity contribution in [3.8, 4) is 0 Å². The van der Waals surface area contributed by atoms with Gasteiger partial charge in [-0.1, -0.05) is 51.5 Å². The molecule has 0 N–H and O–H groups in total. The van der Waals surface area contributed by atoms with Crippen LogP contribution in [0.4, 0.5) is 0 Å². The molecule has 0 aliphatic carbocycles. The van der Waals surface area contributed by atoms with Crippen LogP contribution in [0.15, 0.2) is 24.3 Å². The summed E-state index contributed by atoms with van der Waals surface area (Å²) >= 11 is 0. The van der Waals surface area contributed by atoms with Gasteiger partial charge in [0.25, 0.3) is 0 Å². The number of Topliss-reactive ketones (excluding diaryl/α,β-unsaturated/α-hetero) is 1. The first kappa shape index (κ1) is 16.9. The molecule has 2 fully saturated rings. The fourth-order valence-corrected chi connectivity index (χ4v) is 6.15. The molecular formula is C20H28O2S. The van der Waals surface area contributed by atoms with Crippen LogP contribution in [0.5, 0.6) is 0 Å². The van der Waals surface area contributed by atoms with E-state index in [1.807, 2.05) is 0 Å². The average molecular weight is 333 g/mol. The Hall–Kier alpha value is -0.960. The highest BCUT2D eigenvalue weighted by Crippen LogP contribution is 2.37. The monoisotopic (exact) mass is 332 g/mol. The lowest BCUT2D eigenvalue weighted by Crippen LogP contribution is -2.41. The highest BCUT2D eigenvalue weighted by atomic mass is 32.2. The van der Waals surface area contributed by atoms with E-state index in [1.54, 1.807) is 0 Å². The minimum Gasteiger partial charge on any atom is -0.299 e. The Morgan fingerprint density at radius 1 is 1.09 bits per heavy atom. The second-order valence-corrected chi connectivity index (χ2v) is 10.3. The molecule has 3 heteroatoms. The molecule has 0 aromatic heterocycles. The third kappa shape index (κ3) is 3.76. The van der Waals surface area contributed by atoms with Gasteiger partial charge < -0.3 is 0 Å². The predicted molar refractivity (Wildman–Crippen MR) is 96.1 cm³/mol. The van der Waals surface area contributed by atoms with Crippen LogP contribution >= 0.6 is 0 Å². The van der Waals surface area contributed by atoms with Crippen molar-refractivity contribution in [2.45, 2.75) is 75.2 Å². The van der Waals surface area contributed by atoms with E-state index >= 15 is 0 Å². The number of hydrogen-bond acceptors (Lipinski definition) is 2. The number of carbonyl (C=O) groups excluding carboxylic acids is 1. The number of hydrogen-bond donors (Lipinski definition) is 0. The van der Waals surface area contributed by atoms with Gasteiger partial charge in [-0.2, -0.15) is 0 Å². The summed E-state index contributed by atoms with van der Waals surface area (Å²) in [6.45, 7) is 6.61. The van der Waals surface area contributed by atoms with Crippen LogP contribution in [0.1, 0.15) is 64.0 Å². The second kappa shape index (κ2) is 6.51. The number of benzene rings is 1. The van der Waals surface area contributed by atoms with Crippen LogP contribution in [0, 0.1) is 5.92 Å².